The first-order chi connectivity index (χ1) is 12.0. The molecule has 3 fully saturated rings. The molecule has 0 aromatic carbocycles. The van der Waals surface area contributed by atoms with Gasteiger partial charge in [-0.1, -0.05) is 13.8 Å². The van der Waals surface area contributed by atoms with Gasteiger partial charge in [0.1, 0.15) is 5.69 Å². The number of carbonyl (C=O) groups excluding carboxylic acids is 1. The number of hydrogen-bond donors (Lipinski definition) is 1. The van der Waals surface area contributed by atoms with Crippen molar-refractivity contribution < 1.29 is 9.53 Å². The molecule has 6 heteroatoms. The Morgan fingerprint density at radius 1 is 1.40 bits per heavy atom. The quantitative estimate of drug-likeness (QED) is 0.886. The third-order valence-electron chi connectivity index (χ3n) is 5.85. The lowest BCUT2D eigenvalue weighted by atomic mass is 10.1. The number of aryl methyl sites for hydroxylation is 1. The van der Waals surface area contributed by atoms with Crippen LogP contribution in [0, 0.1) is 5.92 Å². The summed E-state index contributed by atoms with van der Waals surface area (Å²) in [5, 5.41) is 7.80. The second-order valence-corrected chi connectivity index (χ2v) is 8.15. The molecule has 1 aromatic rings. The lowest BCUT2D eigenvalue weighted by Crippen LogP contribution is -2.47. The second kappa shape index (κ2) is 6.72. The average molecular weight is 346 g/mol. The molecule has 138 valence electrons. The first-order valence-electron chi connectivity index (χ1n) is 9.79. The Bertz CT molecular complexity index is 637. The molecule has 4 rings (SSSR count). The Hall–Kier alpha value is -1.40. The number of amides is 1. The SMILES string of the molecule is CCn1nc(C(C)C)cc1C(=O)N[C@H]1C[C@H]2CO[C@@H](C3CC3)CN2C1. The number of hydrogen-bond acceptors (Lipinski definition) is 4. The van der Waals surface area contributed by atoms with E-state index in [4.69, 9.17) is 4.74 Å². The predicted molar refractivity (Wildman–Crippen MR) is 95.7 cm³/mol. The van der Waals surface area contributed by atoms with Crippen molar-refractivity contribution in [1.29, 1.82) is 0 Å². The summed E-state index contributed by atoms with van der Waals surface area (Å²) in [6.45, 7) is 9.75. The van der Waals surface area contributed by atoms with Crippen LogP contribution in [0.4, 0.5) is 0 Å². The zero-order valence-electron chi connectivity index (χ0n) is 15.6. The molecule has 3 heterocycles. The smallest absolute Gasteiger partial charge is 0.269 e. The predicted octanol–water partition coefficient (Wildman–Crippen LogP) is 2.01. The molecule has 0 radical (unpaired) electrons. The van der Waals surface area contributed by atoms with Gasteiger partial charge in [0.2, 0.25) is 0 Å². The molecule has 2 saturated heterocycles. The van der Waals surface area contributed by atoms with Crippen LogP contribution < -0.4 is 5.32 Å². The van der Waals surface area contributed by atoms with Crippen LogP contribution in [0.2, 0.25) is 0 Å². The van der Waals surface area contributed by atoms with E-state index in [1.807, 2.05) is 17.7 Å². The molecular weight excluding hydrogens is 316 g/mol. The van der Waals surface area contributed by atoms with Gasteiger partial charge in [-0.2, -0.15) is 5.10 Å². The number of aromatic nitrogens is 2. The molecular formula is C19H30N4O2. The van der Waals surface area contributed by atoms with Crippen LogP contribution in [0.5, 0.6) is 0 Å². The number of carbonyl (C=O) groups is 1. The Kier molecular flexibility index (Phi) is 4.58. The Morgan fingerprint density at radius 2 is 2.20 bits per heavy atom. The Balaban J connectivity index is 1.38. The van der Waals surface area contributed by atoms with Crippen molar-refractivity contribution in [3.05, 3.63) is 17.5 Å². The van der Waals surface area contributed by atoms with Gasteiger partial charge in [0, 0.05) is 31.7 Å². The van der Waals surface area contributed by atoms with Gasteiger partial charge in [-0.25, -0.2) is 0 Å². The van der Waals surface area contributed by atoms with Gasteiger partial charge in [-0.05, 0) is 44.1 Å². The van der Waals surface area contributed by atoms with Crippen molar-refractivity contribution in [3.8, 4) is 0 Å². The molecule has 0 spiro atoms. The van der Waals surface area contributed by atoms with Gasteiger partial charge in [0.05, 0.1) is 18.4 Å². The molecule has 2 aliphatic heterocycles. The van der Waals surface area contributed by atoms with Crippen molar-refractivity contribution in [2.24, 2.45) is 5.92 Å². The van der Waals surface area contributed by atoms with E-state index in [2.05, 4.69) is 29.2 Å². The molecule has 0 bridgehead atoms. The van der Waals surface area contributed by atoms with Gasteiger partial charge in [-0.3, -0.25) is 14.4 Å². The first-order valence-corrected chi connectivity index (χ1v) is 9.79. The largest absolute Gasteiger partial charge is 0.375 e. The van der Waals surface area contributed by atoms with Gasteiger partial charge in [0.25, 0.3) is 5.91 Å². The number of nitrogens with one attached hydrogen (secondary N) is 1. The van der Waals surface area contributed by atoms with E-state index in [0.717, 1.165) is 37.7 Å². The molecule has 25 heavy (non-hydrogen) atoms. The second-order valence-electron chi connectivity index (χ2n) is 8.15. The summed E-state index contributed by atoms with van der Waals surface area (Å²) in [6, 6.07) is 2.61. The molecule has 0 unspecified atom stereocenters. The molecule has 1 aromatic heterocycles. The highest BCUT2D eigenvalue weighted by Gasteiger charge is 2.42. The van der Waals surface area contributed by atoms with E-state index >= 15 is 0 Å². The highest BCUT2D eigenvalue weighted by Crippen LogP contribution is 2.37. The van der Waals surface area contributed by atoms with E-state index in [9.17, 15) is 4.79 Å². The fourth-order valence-electron chi connectivity index (χ4n) is 4.16. The maximum atomic E-state index is 12.8. The van der Waals surface area contributed by atoms with Crippen molar-refractivity contribution in [1.82, 2.24) is 20.0 Å². The van der Waals surface area contributed by atoms with E-state index in [1.165, 1.54) is 12.8 Å². The Labute approximate surface area is 149 Å². The van der Waals surface area contributed by atoms with Crippen LogP contribution in [-0.4, -0.2) is 58.5 Å². The van der Waals surface area contributed by atoms with Crippen LogP contribution >= 0.6 is 0 Å². The average Bonchev–Trinajstić information content (AvgIpc) is 3.21. The molecule has 3 atom stereocenters. The van der Waals surface area contributed by atoms with Gasteiger partial charge >= 0.3 is 0 Å². The molecule has 1 N–H and O–H groups in total. The highest BCUT2D eigenvalue weighted by atomic mass is 16.5. The lowest BCUT2D eigenvalue weighted by molar-refractivity contribution is -0.0581. The summed E-state index contributed by atoms with van der Waals surface area (Å²) in [7, 11) is 0. The van der Waals surface area contributed by atoms with E-state index in [-0.39, 0.29) is 11.9 Å². The number of ether oxygens (including phenoxy) is 1. The number of rotatable bonds is 5. The van der Waals surface area contributed by atoms with Crippen molar-refractivity contribution in [3.63, 3.8) is 0 Å². The molecule has 6 nitrogen and oxygen atoms in total. The summed E-state index contributed by atoms with van der Waals surface area (Å²) in [5.41, 5.74) is 1.67. The fourth-order valence-corrected chi connectivity index (χ4v) is 4.16. The topological polar surface area (TPSA) is 59.4 Å². The third kappa shape index (κ3) is 3.47. The van der Waals surface area contributed by atoms with Crippen LogP contribution in [0.25, 0.3) is 0 Å². The zero-order chi connectivity index (χ0) is 17.6. The van der Waals surface area contributed by atoms with Crippen molar-refractivity contribution in [2.45, 2.75) is 70.7 Å². The summed E-state index contributed by atoms with van der Waals surface area (Å²) in [6.07, 6.45) is 4.05. The zero-order valence-corrected chi connectivity index (χ0v) is 15.6. The van der Waals surface area contributed by atoms with E-state index in [1.54, 1.807) is 0 Å². The van der Waals surface area contributed by atoms with E-state index in [0.29, 0.717) is 30.3 Å². The normalized spacial score (nSPS) is 29.8. The van der Waals surface area contributed by atoms with Gasteiger partial charge in [-0.15, -0.1) is 0 Å². The summed E-state index contributed by atoms with van der Waals surface area (Å²) >= 11 is 0. The molecule has 3 aliphatic rings. The Morgan fingerprint density at radius 3 is 2.88 bits per heavy atom. The maximum absolute atomic E-state index is 12.8. The minimum atomic E-state index is 0.00533. The third-order valence-corrected chi connectivity index (χ3v) is 5.85. The van der Waals surface area contributed by atoms with Crippen LogP contribution in [-0.2, 0) is 11.3 Å². The standard InChI is InChI=1S/C19H30N4O2/c1-4-23-17(8-16(21-23)12(2)3)19(24)20-14-7-15-11-25-18(13-5-6-13)10-22(15)9-14/h8,12-15,18H,4-7,9-11H2,1-3H3,(H,20,24)/t14-,15-,18+/m0/s1. The minimum absolute atomic E-state index is 0.00533. The summed E-state index contributed by atoms with van der Waals surface area (Å²) < 4.78 is 7.87. The molecule has 1 aliphatic carbocycles. The monoisotopic (exact) mass is 346 g/mol. The summed E-state index contributed by atoms with van der Waals surface area (Å²) in [5.74, 6) is 1.12. The number of nitrogens with zero attached hydrogens (tertiary/aromatic N) is 3. The van der Waals surface area contributed by atoms with E-state index < -0.39 is 0 Å². The lowest BCUT2D eigenvalue weighted by Gasteiger charge is -2.35. The summed E-state index contributed by atoms with van der Waals surface area (Å²) in [4.78, 5) is 15.3. The minimum Gasteiger partial charge on any atom is -0.375 e. The van der Waals surface area contributed by atoms with Crippen LogP contribution in [0.15, 0.2) is 6.07 Å². The number of fused-ring (bicyclic) bond motifs is 1. The fraction of sp³-hybridized carbons (Fsp3) is 0.789. The van der Waals surface area contributed by atoms with Gasteiger partial charge in [0.15, 0.2) is 0 Å². The van der Waals surface area contributed by atoms with Gasteiger partial charge < -0.3 is 10.1 Å². The van der Waals surface area contributed by atoms with Crippen molar-refractivity contribution >= 4 is 5.91 Å². The highest BCUT2D eigenvalue weighted by molar-refractivity contribution is 5.93. The maximum Gasteiger partial charge on any atom is 0.269 e. The van der Waals surface area contributed by atoms with Crippen LogP contribution in [0.1, 0.15) is 62.1 Å². The molecule has 1 amide bonds. The molecule has 1 saturated carbocycles. The van der Waals surface area contributed by atoms with Crippen molar-refractivity contribution in [2.75, 3.05) is 19.7 Å². The number of morpholine rings is 1. The van der Waals surface area contributed by atoms with Crippen LogP contribution in [0.3, 0.4) is 0 Å². The first kappa shape index (κ1) is 17.0.